The lowest BCUT2D eigenvalue weighted by atomic mass is 10.3. The second-order valence-electron chi connectivity index (χ2n) is 2.90. The van der Waals surface area contributed by atoms with E-state index in [9.17, 15) is 4.79 Å². The van der Waals surface area contributed by atoms with E-state index in [4.69, 9.17) is 4.74 Å². The Bertz CT molecular complexity index is 487. The molecule has 0 radical (unpaired) electrons. The Kier molecular flexibility index (Phi) is 4.47. The number of pyridine rings is 1. The fraction of sp³-hybridized carbons (Fsp3) is 0.100. The highest BCUT2D eigenvalue weighted by Gasteiger charge is 1.99. The SMILES string of the molecule is Cl.O=c1[nH]nccc1OCc1cccnc1. The molecule has 0 amide bonds. The van der Waals surface area contributed by atoms with E-state index in [1.165, 1.54) is 12.3 Å². The summed E-state index contributed by atoms with van der Waals surface area (Å²) in [5.41, 5.74) is 0.579. The van der Waals surface area contributed by atoms with Crippen molar-refractivity contribution in [2.24, 2.45) is 0 Å². The highest BCUT2D eigenvalue weighted by molar-refractivity contribution is 5.85. The predicted molar refractivity (Wildman–Crippen MR) is 60.7 cm³/mol. The van der Waals surface area contributed by atoms with Crippen molar-refractivity contribution in [1.82, 2.24) is 15.2 Å². The van der Waals surface area contributed by atoms with Crippen molar-refractivity contribution in [3.8, 4) is 5.75 Å². The predicted octanol–water partition coefficient (Wildman–Crippen LogP) is 1.17. The summed E-state index contributed by atoms with van der Waals surface area (Å²) in [6, 6.07) is 5.22. The first-order valence-corrected chi connectivity index (χ1v) is 4.41. The molecular weight excluding hydrogens is 230 g/mol. The summed E-state index contributed by atoms with van der Waals surface area (Å²) >= 11 is 0. The van der Waals surface area contributed by atoms with Crippen LogP contribution < -0.4 is 10.3 Å². The standard InChI is InChI=1S/C10H9N3O2.ClH/c14-10-9(3-5-12-13-10)15-7-8-2-1-4-11-6-8;/h1-6H,7H2,(H,13,14);1H. The Labute approximate surface area is 97.9 Å². The number of nitrogens with zero attached hydrogens (tertiary/aromatic N) is 2. The van der Waals surface area contributed by atoms with Crippen LogP contribution in [0.2, 0.25) is 0 Å². The molecule has 0 fully saturated rings. The van der Waals surface area contributed by atoms with Gasteiger partial charge in [-0.3, -0.25) is 9.78 Å². The second-order valence-corrected chi connectivity index (χ2v) is 2.90. The van der Waals surface area contributed by atoms with E-state index in [0.29, 0.717) is 6.61 Å². The summed E-state index contributed by atoms with van der Waals surface area (Å²) in [5.74, 6) is 0.258. The van der Waals surface area contributed by atoms with E-state index >= 15 is 0 Å². The molecule has 2 aromatic heterocycles. The van der Waals surface area contributed by atoms with Gasteiger partial charge in [0.1, 0.15) is 6.61 Å². The van der Waals surface area contributed by atoms with Gasteiger partial charge in [-0.15, -0.1) is 12.4 Å². The van der Waals surface area contributed by atoms with Crippen LogP contribution in [0.15, 0.2) is 41.6 Å². The summed E-state index contributed by atoms with van der Waals surface area (Å²) in [5, 5.41) is 5.86. The number of aromatic nitrogens is 3. The van der Waals surface area contributed by atoms with Crippen LogP contribution in [-0.2, 0) is 6.61 Å². The first-order valence-electron chi connectivity index (χ1n) is 4.41. The number of hydrogen-bond donors (Lipinski definition) is 1. The third-order valence-corrected chi connectivity index (χ3v) is 1.81. The summed E-state index contributed by atoms with van der Waals surface area (Å²) in [6.07, 6.45) is 4.85. The lowest BCUT2D eigenvalue weighted by molar-refractivity contribution is 0.300. The summed E-state index contributed by atoms with van der Waals surface area (Å²) in [4.78, 5) is 15.1. The molecule has 2 rings (SSSR count). The Balaban J connectivity index is 0.00000128. The number of nitrogens with one attached hydrogen (secondary N) is 1. The monoisotopic (exact) mass is 239 g/mol. The van der Waals surface area contributed by atoms with E-state index in [1.807, 2.05) is 12.1 Å². The first kappa shape index (κ1) is 12.2. The molecule has 0 saturated carbocycles. The fourth-order valence-corrected chi connectivity index (χ4v) is 1.09. The second kappa shape index (κ2) is 5.87. The van der Waals surface area contributed by atoms with Gasteiger partial charge in [0.15, 0.2) is 5.75 Å². The molecule has 0 bridgehead atoms. The topological polar surface area (TPSA) is 67.9 Å². The van der Waals surface area contributed by atoms with Crippen LogP contribution in [0.4, 0.5) is 0 Å². The maximum atomic E-state index is 11.2. The van der Waals surface area contributed by atoms with Gasteiger partial charge in [-0.1, -0.05) is 6.07 Å². The van der Waals surface area contributed by atoms with Crippen molar-refractivity contribution in [3.05, 3.63) is 52.7 Å². The van der Waals surface area contributed by atoms with Crippen LogP contribution >= 0.6 is 12.4 Å². The zero-order valence-electron chi connectivity index (χ0n) is 8.29. The molecule has 0 atom stereocenters. The van der Waals surface area contributed by atoms with Crippen LogP contribution in [0.25, 0.3) is 0 Å². The zero-order chi connectivity index (χ0) is 10.5. The van der Waals surface area contributed by atoms with Crippen LogP contribution in [0.1, 0.15) is 5.56 Å². The van der Waals surface area contributed by atoms with Crippen LogP contribution in [-0.4, -0.2) is 15.2 Å². The van der Waals surface area contributed by atoms with Gasteiger partial charge in [-0.25, -0.2) is 5.10 Å². The van der Waals surface area contributed by atoms with E-state index < -0.39 is 0 Å². The third-order valence-electron chi connectivity index (χ3n) is 1.81. The Morgan fingerprint density at radius 3 is 2.88 bits per heavy atom. The summed E-state index contributed by atoms with van der Waals surface area (Å²) in [6.45, 7) is 0.320. The van der Waals surface area contributed by atoms with E-state index in [-0.39, 0.29) is 23.7 Å². The van der Waals surface area contributed by atoms with Gasteiger partial charge in [0.25, 0.3) is 0 Å². The van der Waals surface area contributed by atoms with Crippen LogP contribution in [0.5, 0.6) is 5.75 Å². The molecule has 0 aromatic carbocycles. The van der Waals surface area contributed by atoms with Gasteiger partial charge in [0.2, 0.25) is 0 Å². The van der Waals surface area contributed by atoms with Gasteiger partial charge < -0.3 is 4.74 Å². The van der Waals surface area contributed by atoms with E-state index in [0.717, 1.165) is 5.56 Å². The quantitative estimate of drug-likeness (QED) is 0.873. The Morgan fingerprint density at radius 2 is 2.19 bits per heavy atom. The molecule has 1 N–H and O–H groups in total. The van der Waals surface area contributed by atoms with Crippen molar-refractivity contribution in [2.75, 3.05) is 0 Å². The largest absolute Gasteiger partial charge is 0.483 e. The smallest absolute Gasteiger partial charge is 0.306 e. The zero-order valence-corrected chi connectivity index (χ0v) is 9.11. The normalized spacial score (nSPS) is 9.25. The highest BCUT2D eigenvalue weighted by atomic mass is 35.5. The molecule has 0 aliphatic carbocycles. The average molecular weight is 240 g/mol. The van der Waals surface area contributed by atoms with Crippen molar-refractivity contribution in [3.63, 3.8) is 0 Å². The molecule has 16 heavy (non-hydrogen) atoms. The van der Waals surface area contributed by atoms with Gasteiger partial charge in [0, 0.05) is 24.0 Å². The molecule has 2 aromatic rings. The molecule has 0 unspecified atom stereocenters. The van der Waals surface area contributed by atoms with Crippen molar-refractivity contribution < 1.29 is 4.74 Å². The molecule has 6 heteroatoms. The maximum absolute atomic E-state index is 11.2. The summed E-state index contributed by atoms with van der Waals surface area (Å²) in [7, 11) is 0. The number of ether oxygens (including phenoxy) is 1. The molecule has 0 spiro atoms. The number of H-pyrrole nitrogens is 1. The highest BCUT2D eigenvalue weighted by Crippen LogP contribution is 2.03. The lowest BCUT2D eigenvalue weighted by Crippen LogP contribution is -2.11. The van der Waals surface area contributed by atoms with Gasteiger partial charge in [0.05, 0.1) is 6.20 Å². The lowest BCUT2D eigenvalue weighted by Gasteiger charge is -2.03. The van der Waals surface area contributed by atoms with Crippen molar-refractivity contribution >= 4 is 12.4 Å². The van der Waals surface area contributed by atoms with Crippen molar-refractivity contribution in [1.29, 1.82) is 0 Å². The minimum absolute atomic E-state index is 0. The molecule has 0 aliphatic rings. The van der Waals surface area contributed by atoms with Gasteiger partial charge in [-0.05, 0) is 6.07 Å². The summed E-state index contributed by atoms with van der Waals surface area (Å²) < 4.78 is 5.30. The first-order chi connectivity index (χ1) is 7.36. The van der Waals surface area contributed by atoms with Crippen LogP contribution in [0, 0.1) is 0 Å². The molecule has 84 valence electrons. The third kappa shape index (κ3) is 3.06. The van der Waals surface area contributed by atoms with Gasteiger partial charge >= 0.3 is 5.56 Å². The number of rotatable bonds is 3. The number of halogens is 1. The van der Waals surface area contributed by atoms with E-state index in [1.54, 1.807) is 12.4 Å². The Hall–Kier alpha value is -1.88. The van der Waals surface area contributed by atoms with Gasteiger partial charge in [-0.2, -0.15) is 5.10 Å². The minimum atomic E-state index is -0.332. The molecule has 2 heterocycles. The minimum Gasteiger partial charge on any atom is -0.483 e. The average Bonchev–Trinajstić information content (AvgIpc) is 2.29. The maximum Gasteiger partial charge on any atom is 0.306 e. The number of hydrogen-bond acceptors (Lipinski definition) is 4. The molecule has 0 saturated heterocycles. The molecule has 0 aliphatic heterocycles. The molecular formula is C10H10ClN3O2. The van der Waals surface area contributed by atoms with Crippen LogP contribution in [0.3, 0.4) is 0 Å². The Morgan fingerprint density at radius 1 is 1.31 bits per heavy atom. The fourth-order valence-electron chi connectivity index (χ4n) is 1.09. The van der Waals surface area contributed by atoms with Crippen molar-refractivity contribution in [2.45, 2.75) is 6.61 Å². The molecule has 5 nitrogen and oxygen atoms in total. The number of aromatic amines is 1. The van der Waals surface area contributed by atoms with E-state index in [2.05, 4.69) is 15.2 Å².